The van der Waals surface area contributed by atoms with Crippen LogP contribution in [0.3, 0.4) is 0 Å². The monoisotopic (exact) mass is 652 g/mol. The van der Waals surface area contributed by atoms with E-state index in [2.05, 4.69) is 0 Å². The van der Waals surface area contributed by atoms with Crippen LogP contribution in [0.1, 0.15) is 110 Å². The van der Waals surface area contributed by atoms with E-state index in [0.29, 0.717) is 11.5 Å². The number of hydrogen-bond acceptors (Lipinski definition) is 6. The average molecular weight is 653 g/mol. The molecule has 0 unspecified atom stereocenters. The van der Waals surface area contributed by atoms with Gasteiger partial charge in [-0.15, -0.1) is 0 Å². The van der Waals surface area contributed by atoms with Crippen LogP contribution in [0.4, 0.5) is 0 Å². The molecule has 0 heterocycles. The minimum Gasteiger partial charge on any atom is -0.478 e. The van der Waals surface area contributed by atoms with Crippen molar-refractivity contribution < 1.29 is 49.1 Å². The van der Waals surface area contributed by atoms with Gasteiger partial charge < -0.3 is 29.9 Å². The van der Waals surface area contributed by atoms with Crippen LogP contribution in [0.5, 0.6) is 23.0 Å². The molecule has 0 bridgehead atoms. The van der Waals surface area contributed by atoms with Crippen molar-refractivity contribution in [1.82, 2.24) is 0 Å². The van der Waals surface area contributed by atoms with E-state index in [1.54, 1.807) is 0 Å². The van der Waals surface area contributed by atoms with Crippen LogP contribution in [0.25, 0.3) is 0 Å². The molecule has 48 heavy (non-hydrogen) atoms. The van der Waals surface area contributed by atoms with E-state index in [9.17, 15) is 39.6 Å². The third-order valence-corrected chi connectivity index (χ3v) is 8.90. The van der Waals surface area contributed by atoms with Crippen LogP contribution in [-0.4, -0.2) is 44.3 Å². The number of benzene rings is 4. The summed E-state index contributed by atoms with van der Waals surface area (Å²) in [4.78, 5) is 46.1. The molecule has 0 spiro atoms. The lowest BCUT2D eigenvalue weighted by molar-refractivity contribution is 0.0651. The highest BCUT2D eigenvalue weighted by Gasteiger charge is 2.34. The number of carbonyl (C=O) groups is 4. The molecule has 4 N–H and O–H groups in total. The lowest BCUT2D eigenvalue weighted by Gasteiger charge is -2.36. The first kappa shape index (κ1) is 33.7. The number of ether oxygens (including phenoxy) is 2. The van der Waals surface area contributed by atoms with Gasteiger partial charge >= 0.3 is 23.9 Å². The molecule has 4 aromatic carbocycles. The van der Waals surface area contributed by atoms with Gasteiger partial charge in [0, 0.05) is 5.41 Å². The summed E-state index contributed by atoms with van der Waals surface area (Å²) >= 11 is 0. The summed E-state index contributed by atoms with van der Waals surface area (Å²) in [6.45, 7) is 0. The largest absolute Gasteiger partial charge is 0.478 e. The van der Waals surface area contributed by atoms with Crippen molar-refractivity contribution in [3.63, 3.8) is 0 Å². The van der Waals surface area contributed by atoms with Crippen molar-refractivity contribution in [2.24, 2.45) is 0 Å². The third kappa shape index (κ3) is 7.66. The lowest BCUT2D eigenvalue weighted by atomic mass is 9.67. The first-order valence-corrected chi connectivity index (χ1v) is 15.9. The van der Waals surface area contributed by atoms with Gasteiger partial charge in [-0.05, 0) is 84.6 Å². The van der Waals surface area contributed by atoms with Gasteiger partial charge in [-0.1, -0.05) is 69.2 Å². The summed E-state index contributed by atoms with van der Waals surface area (Å²) in [5.74, 6) is -4.00. The Hall–Kier alpha value is -5.64. The topological polar surface area (TPSA) is 168 Å². The van der Waals surface area contributed by atoms with Crippen molar-refractivity contribution in [2.75, 3.05) is 0 Å². The fourth-order valence-corrected chi connectivity index (χ4v) is 6.46. The van der Waals surface area contributed by atoms with Gasteiger partial charge in [0.1, 0.15) is 23.0 Å². The number of carboxylic acid groups (broad SMARTS) is 4. The third-order valence-electron chi connectivity index (χ3n) is 8.90. The summed E-state index contributed by atoms with van der Waals surface area (Å²) < 4.78 is 11.9. The molecule has 0 atom stereocenters. The molecule has 10 nitrogen and oxygen atoms in total. The van der Waals surface area contributed by atoms with Crippen LogP contribution in [-0.2, 0) is 5.41 Å². The maximum absolute atomic E-state index is 11.6. The average Bonchev–Trinajstić information content (AvgIpc) is 3.07. The van der Waals surface area contributed by atoms with E-state index < -0.39 is 23.9 Å². The first-order valence-electron chi connectivity index (χ1n) is 15.9. The van der Waals surface area contributed by atoms with Crippen molar-refractivity contribution in [3.8, 4) is 23.0 Å². The van der Waals surface area contributed by atoms with Gasteiger partial charge in [-0.3, -0.25) is 0 Å². The molecule has 0 aromatic heterocycles. The zero-order chi connectivity index (χ0) is 34.3. The van der Waals surface area contributed by atoms with Crippen molar-refractivity contribution >= 4 is 23.9 Å². The molecule has 0 amide bonds. The Morgan fingerprint density at radius 1 is 0.417 bits per heavy atom. The summed E-state index contributed by atoms with van der Waals surface area (Å²) in [5.41, 5.74) is 0.543. The van der Waals surface area contributed by atoms with Crippen LogP contribution >= 0.6 is 0 Å². The van der Waals surface area contributed by atoms with E-state index in [0.717, 1.165) is 49.7 Å². The van der Waals surface area contributed by atoms with E-state index in [1.165, 1.54) is 55.7 Å². The van der Waals surface area contributed by atoms with Crippen molar-refractivity contribution in [1.29, 1.82) is 0 Å². The van der Waals surface area contributed by atoms with Crippen molar-refractivity contribution in [2.45, 2.75) is 63.2 Å². The Kier molecular flexibility index (Phi) is 10.4. The maximum Gasteiger partial charge on any atom is 0.336 e. The van der Waals surface area contributed by atoms with Crippen LogP contribution in [0, 0.1) is 0 Å². The highest BCUT2D eigenvalue weighted by Crippen LogP contribution is 2.44. The van der Waals surface area contributed by atoms with E-state index >= 15 is 0 Å². The van der Waals surface area contributed by atoms with Crippen LogP contribution in [0.15, 0.2) is 84.9 Å². The molecule has 248 valence electrons. The molecule has 0 saturated heterocycles. The predicted molar refractivity (Wildman–Crippen MR) is 176 cm³/mol. The highest BCUT2D eigenvalue weighted by atomic mass is 16.5. The summed E-state index contributed by atoms with van der Waals surface area (Å²) in [6.07, 6.45) is 9.79. The Balaban J connectivity index is 1.44. The smallest absolute Gasteiger partial charge is 0.336 e. The first-order chi connectivity index (χ1) is 23.1. The van der Waals surface area contributed by atoms with Gasteiger partial charge in [0.05, 0.1) is 22.3 Å². The standard InChI is InChI=1S/C38H36O10/c39-34(40)30-18-16-28(22-32(30)36(43)44)47-26-12-8-24(9-13-26)38(20-6-4-2-1-3-5-7-21-38)25-10-14-27(15-11-25)48-29-17-19-31(35(41)42)33(23-29)37(45)46/h8-19,22-23H,1-7,20-21H2,(H,39,40)(H,41,42)(H,43,44)(H,45,46). The highest BCUT2D eigenvalue weighted by molar-refractivity contribution is 6.02. The Bertz CT molecular complexity index is 1680. The molecule has 1 aliphatic rings. The molecule has 1 saturated carbocycles. The fourth-order valence-electron chi connectivity index (χ4n) is 6.46. The lowest BCUT2D eigenvalue weighted by Crippen LogP contribution is -2.28. The van der Waals surface area contributed by atoms with Gasteiger partial charge in [0.2, 0.25) is 0 Å². The molecule has 4 aromatic rings. The number of aromatic carboxylic acids is 4. The number of hydrogen-bond donors (Lipinski definition) is 4. The van der Waals surface area contributed by atoms with Gasteiger partial charge in [0.25, 0.3) is 0 Å². The second-order valence-corrected chi connectivity index (χ2v) is 11.9. The fraction of sp³-hybridized carbons (Fsp3) is 0.263. The normalized spacial score (nSPS) is 14.8. The van der Waals surface area contributed by atoms with E-state index in [-0.39, 0.29) is 39.2 Å². The molecule has 5 rings (SSSR count). The van der Waals surface area contributed by atoms with E-state index in [4.69, 9.17) is 9.47 Å². The van der Waals surface area contributed by atoms with E-state index in [1.807, 2.05) is 48.5 Å². The molecule has 0 radical (unpaired) electrons. The Morgan fingerprint density at radius 3 is 1.06 bits per heavy atom. The second-order valence-electron chi connectivity index (χ2n) is 11.9. The number of carboxylic acids is 4. The maximum atomic E-state index is 11.6. The quantitative estimate of drug-likeness (QED) is 0.130. The molecular formula is C38H36O10. The zero-order valence-electron chi connectivity index (χ0n) is 26.2. The molecule has 1 aliphatic carbocycles. The number of rotatable bonds is 10. The summed E-state index contributed by atoms with van der Waals surface area (Å²) in [7, 11) is 0. The predicted octanol–water partition coefficient (Wildman–Crippen LogP) is 8.87. The Labute approximate surface area is 277 Å². The van der Waals surface area contributed by atoms with Gasteiger partial charge in [0.15, 0.2) is 0 Å². The van der Waals surface area contributed by atoms with Gasteiger partial charge in [-0.2, -0.15) is 0 Å². The molecule has 0 aliphatic heterocycles. The summed E-state index contributed by atoms with van der Waals surface area (Å²) in [6, 6.07) is 23.1. The Morgan fingerprint density at radius 2 is 0.729 bits per heavy atom. The van der Waals surface area contributed by atoms with Crippen LogP contribution in [0.2, 0.25) is 0 Å². The SMILES string of the molecule is O=C(O)c1ccc(Oc2ccc(C3(c4ccc(Oc5ccc(C(=O)O)c(C(=O)O)c5)cc4)CCCCCCCCC3)cc2)cc1C(=O)O. The molecule has 10 heteroatoms. The molecular weight excluding hydrogens is 616 g/mol. The molecule has 1 fully saturated rings. The van der Waals surface area contributed by atoms with Gasteiger partial charge in [-0.25, -0.2) is 19.2 Å². The van der Waals surface area contributed by atoms with Crippen molar-refractivity contribution in [3.05, 3.63) is 118 Å². The minimum atomic E-state index is -1.36. The minimum absolute atomic E-state index is 0.210. The second kappa shape index (κ2) is 14.8. The zero-order valence-corrected chi connectivity index (χ0v) is 26.2. The van der Waals surface area contributed by atoms with Crippen LogP contribution < -0.4 is 9.47 Å². The summed E-state index contributed by atoms with van der Waals surface area (Å²) in [5, 5.41) is 37.6.